The first kappa shape index (κ1) is 15.4. The Morgan fingerprint density at radius 3 is 2.71 bits per heavy atom. The molecule has 1 amide bonds. The van der Waals surface area contributed by atoms with Gasteiger partial charge in [0.05, 0.1) is 16.3 Å². The number of hydrogen-bond acceptors (Lipinski definition) is 4. The molecule has 108 valence electrons. The topological polar surface area (TPSA) is 85.1 Å². The summed E-state index contributed by atoms with van der Waals surface area (Å²) in [4.78, 5) is 26.7. The van der Waals surface area contributed by atoms with Gasteiger partial charge in [-0.05, 0) is 47.1 Å². The molecule has 0 saturated heterocycles. The second kappa shape index (κ2) is 6.19. The van der Waals surface area contributed by atoms with Gasteiger partial charge in [-0.1, -0.05) is 11.6 Å². The maximum atomic E-state index is 12.2. The first-order valence-corrected chi connectivity index (χ1v) is 6.94. The molecule has 0 unspecified atom stereocenters. The quantitative estimate of drug-likeness (QED) is 0.503. The number of hydrogen-bond donors (Lipinski definition) is 1. The van der Waals surface area contributed by atoms with Crippen LogP contribution in [-0.2, 0) is 0 Å². The van der Waals surface area contributed by atoms with Crippen LogP contribution in [0, 0.1) is 17.0 Å². The van der Waals surface area contributed by atoms with Gasteiger partial charge in [-0.3, -0.25) is 14.9 Å². The van der Waals surface area contributed by atoms with Gasteiger partial charge < -0.3 is 5.32 Å². The van der Waals surface area contributed by atoms with Crippen molar-refractivity contribution < 1.29 is 9.72 Å². The van der Waals surface area contributed by atoms with Crippen molar-refractivity contribution >= 4 is 44.8 Å². The number of amides is 1. The highest BCUT2D eigenvalue weighted by Crippen LogP contribution is 2.24. The molecule has 0 spiro atoms. The fraction of sp³-hybridized carbons (Fsp3) is 0.0769. The molecular weight excluding hydrogens is 362 g/mol. The molecule has 8 heteroatoms. The number of nitro benzene ring substituents is 1. The fourth-order valence-corrected chi connectivity index (χ4v) is 2.27. The Kier molecular flexibility index (Phi) is 4.54. The summed E-state index contributed by atoms with van der Waals surface area (Å²) in [5, 5.41) is 13.8. The highest BCUT2D eigenvalue weighted by Gasteiger charge is 2.21. The normalized spacial score (nSPS) is 10.2. The standard InChI is InChI=1S/C13H9BrClN3O3/c1-7-10(3-5-12(14)16-7)17-13(19)9-6-8(15)2-4-11(9)18(20)21/h2-6H,1H3,(H,17,19). The first-order chi connectivity index (χ1) is 9.88. The molecule has 1 aromatic carbocycles. The number of halogens is 2. The molecule has 2 rings (SSSR count). The zero-order valence-electron chi connectivity index (χ0n) is 10.8. The number of pyridine rings is 1. The van der Waals surface area contributed by atoms with Crippen LogP contribution in [-0.4, -0.2) is 15.8 Å². The van der Waals surface area contributed by atoms with Crippen LogP contribution in [0.1, 0.15) is 16.1 Å². The summed E-state index contributed by atoms with van der Waals surface area (Å²) in [5.74, 6) is -0.614. The summed E-state index contributed by atoms with van der Waals surface area (Å²) in [6.07, 6.45) is 0. The number of benzene rings is 1. The van der Waals surface area contributed by atoms with E-state index in [9.17, 15) is 14.9 Å². The summed E-state index contributed by atoms with van der Waals surface area (Å²) in [7, 11) is 0. The maximum Gasteiger partial charge on any atom is 0.282 e. The summed E-state index contributed by atoms with van der Waals surface area (Å²) >= 11 is 9.02. The van der Waals surface area contributed by atoms with Gasteiger partial charge in [0.2, 0.25) is 0 Å². The van der Waals surface area contributed by atoms with E-state index in [1.807, 2.05) is 0 Å². The maximum absolute atomic E-state index is 12.2. The van der Waals surface area contributed by atoms with E-state index in [2.05, 4.69) is 26.2 Å². The Morgan fingerprint density at radius 2 is 2.10 bits per heavy atom. The highest BCUT2D eigenvalue weighted by molar-refractivity contribution is 9.10. The Bertz CT molecular complexity index is 737. The molecule has 1 N–H and O–H groups in total. The molecule has 1 aromatic heterocycles. The van der Waals surface area contributed by atoms with Crippen LogP contribution in [0.15, 0.2) is 34.9 Å². The van der Waals surface area contributed by atoms with Gasteiger partial charge in [0.15, 0.2) is 0 Å². The van der Waals surface area contributed by atoms with Crippen LogP contribution < -0.4 is 5.32 Å². The van der Waals surface area contributed by atoms with Gasteiger partial charge in [-0.25, -0.2) is 4.98 Å². The van der Waals surface area contributed by atoms with E-state index >= 15 is 0 Å². The Morgan fingerprint density at radius 1 is 1.38 bits per heavy atom. The van der Waals surface area contributed by atoms with E-state index in [4.69, 9.17) is 11.6 Å². The lowest BCUT2D eigenvalue weighted by atomic mass is 10.1. The third-order valence-corrected chi connectivity index (χ3v) is 3.38. The number of aryl methyl sites for hydroxylation is 1. The Balaban J connectivity index is 2.36. The number of nitrogens with one attached hydrogen (secondary N) is 1. The largest absolute Gasteiger partial charge is 0.320 e. The van der Waals surface area contributed by atoms with Crippen LogP contribution in [0.3, 0.4) is 0 Å². The third-order valence-electron chi connectivity index (χ3n) is 2.70. The molecule has 0 radical (unpaired) electrons. The van der Waals surface area contributed by atoms with Crippen molar-refractivity contribution in [1.29, 1.82) is 0 Å². The molecule has 0 saturated carbocycles. The number of aromatic nitrogens is 1. The smallest absolute Gasteiger partial charge is 0.282 e. The van der Waals surface area contributed by atoms with Crippen molar-refractivity contribution in [2.24, 2.45) is 0 Å². The zero-order chi connectivity index (χ0) is 15.6. The van der Waals surface area contributed by atoms with E-state index < -0.39 is 10.8 Å². The summed E-state index contributed by atoms with van der Waals surface area (Å²) in [5.41, 5.74) is 0.648. The molecule has 0 aliphatic carbocycles. The molecule has 0 bridgehead atoms. The lowest BCUT2D eigenvalue weighted by molar-refractivity contribution is -0.385. The Hall–Kier alpha value is -1.99. The van der Waals surface area contributed by atoms with Gasteiger partial charge in [0.1, 0.15) is 10.2 Å². The molecule has 0 aliphatic rings. The van der Waals surface area contributed by atoms with Crippen molar-refractivity contribution in [3.8, 4) is 0 Å². The molecule has 0 fully saturated rings. The van der Waals surface area contributed by atoms with E-state index in [0.29, 0.717) is 16.0 Å². The number of nitro groups is 1. The van der Waals surface area contributed by atoms with Crippen LogP contribution in [0.25, 0.3) is 0 Å². The van der Waals surface area contributed by atoms with Crippen LogP contribution in [0.5, 0.6) is 0 Å². The SMILES string of the molecule is Cc1nc(Br)ccc1NC(=O)c1cc(Cl)ccc1[N+](=O)[O-]. The summed E-state index contributed by atoms with van der Waals surface area (Å²) < 4.78 is 0.631. The minimum absolute atomic E-state index is 0.102. The predicted octanol–water partition coefficient (Wildman–Crippen LogP) is 3.97. The number of rotatable bonds is 3. The minimum Gasteiger partial charge on any atom is -0.320 e. The summed E-state index contributed by atoms with van der Waals surface area (Å²) in [6.45, 7) is 1.72. The molecule has 1 heterocycles. The molecule has 21 heavy (non-hydrogen) atoms. The van der Waals surface area contributed by atoms with Crippen molar-refractivity contribution in [3.05, 3.63) is 61.3 Å². The Labute approximate surface area is 133 Å². The van der Waals surface area contributed by atoms with Crippen molar-refractivity contribution in [2.45, 2.75) is 6.92 Å². The van der Waals surface area contributed by atoms with Crippen molar-refractivity contribution in [1.82, 2.24) is 4.98 Å². The van der Waals surface area contributed by atoms with Gasteiger partial charge in [-0.15, -0.1) is 0 Å². The van der Waals surface area contributed by atoms with E-state index in [1.54, 1.807) is 19.1 Å². The lowest BCUT2D eigenvalue weighted by Gasteiger charge is -2.08. The third kappa shape index (κ3) is 3.56. The van der Waals surface area contributed by atoms with Gasteiger partial charge in [0.25, 0.3) is 11.6 Å². The number of nitrogens with zero attached hydrogens (tertiary/aromatic N) is 2. The predicted molar refractivity (Wildman–Crippen MR) is 82.7 cm³/mol. The van der Waals surface area contributed by atoms with Crippen molar-refractivity contribution in [3.63, 3.8) is 0 Å². The second-order valence-electron chi connectivity index (χ2n) is 4.14. The average molecular weight is 371 g/mol. The van der Waals surface area contributed by atoms with Gasteiger partial charge in [-0.2, -0.15) is 0 Å². The minimum atomic E-state index is -0.627. The number of anilines is 1. The molecule has 0 atom stereocenters. The summed E-state index contributed by atoms with van der Waals surface area (Å²) in [6, 6.07) is 7.14. The molecule has 2 aromatic rings. The van der Waals surface area contributed by atoms with Crippen LogP contribution in [0.4, 0.5) is 11.4 Å². The monoisotopic (exact) mass is 369 g/mol. The second-order valence-corrected chi connectivity index (χ2v) is 5.39. The van der Waals surface area contributed by atoms with Crippen LogP contribution in [0.2, 0.25) is 5.02 Å². The van der Waals surface area contributed by atoms with Gasteiger partial charge in [0, 0.05) is 11.1 Å². The zero-order valence-corrected chi connectivity index (χ0v) is 13.1. The lowest BCUT2D eigenvalue weighted by Crippen LogP contribution is -2.15. The van der Waals surface area contributed by atoms with E-state index in [-0.39, 0.29) is 16.3 Å². The van der Waals surface area contributed by atoms with Crippen LogP contribution >= 0.6 is 27.5 Å². The van der Waals surface area contributed by atoms with Crippen molar-refractivity contribution in [2.75, 3.05) is 5.32 Å². The van der Waals surface area contributed by atoms with Gasteiger partial charge >= 0.3 is 0 Å². The van der Waals surface area contributed by atoms with E-state index in [0.717, 1.165) is 0 Å². The first-order valence-electron chi connectivity index (χ1n) is 5.77. The molecular formula is C13H9BrClN3O3. The molecule has 6 nitrogen and oxygen atoms in total. The molecule has 0 aliphatic heterocycles. The van der Waals surface area contributed by atoms with E-state index in [1.165, 1.54) is 18.2 Å². The average Bonchev–Trinajstić information content (AvgIpc) is 2.41. The number of carbonyl (C=O) groups excluding carboxylic acids is 1. The number of carbonyl (C=O) groups is 1. The fourth-order valence-electron chi connectivity index (χ4n) is 1.70. The highest BCUT2D eigenvalue weighted by atomic mass is 79.9.